The fourth-order valence-electron chi connectivity index (χ4n) is 1.32. The Balaban J connectivity index is 0.000000500. The number of halogens is 1. The Morgan fingerprint density at radius 1 is 1.30 bits per heavy atom. The van der Waals surface area contributed by atoms with Crippen LogP contribution in [-0.2, 0) is 4.74 Å². The van der Waals surface area contributed by atoms with E-state index in [1.165, 1.54) is 19.3 Å². The second-order valence-corrected chi connectivity index (χ2v) is 3.11. The first-order valence-corrected chi connectivity index (χ1v) is 3.74. The van der Waals surface area contributed by atoms with Gasteiger partial charge in [-0.05, 0) is 25.8 Å². The van der Waals surface area contributed by atoms with Crippen LogP contribution in [0.3, 0.4) is 0 Å². The molecule has 0 aromatic carbocycles. The van der Waals surface area contributed by atoms with Crippen LogP contribution in [0.25, 0.3) is 0 Å². The summed E-state index contributed by atoms with van der Waals surface area (Å²) in [6, 6.07) is 0. The van der Waals surface area contributed by atoms with E-state index >= 15 is 0 Å². The van der Waals surface area contributed by atoms with Crippen LogP contribution in [0.2, 0.25) is 0 Å². The van der Waals surface area contributed by atoms with Crippen molar-refractivity contribution >= 4 is 12.4 Å². The minimum Gasteiger partial charge on any atom is -0.379 e. The van der Waals surface area contributed by atoms with E-state index in [0.29, 0.717) is 5.54 Å². The predicted molar refractivity (Wildman–Crippen MR) is 42.7 cm³/mol. The third-order valence-corrected chi connectivity index (χ3v) is 2.20. The Morgan fingerprint density at radius 2 is 2.10 bits per heavy atom. The minimum atomic E-state index is 0. The highest BCUT2D eigenvalue weighted by Crippen LogP contribution is 2.36. The maximum absolute atomic E-state index is 5.41. The fraction of sp³-hybridized carbons (Fsp3) is 1.00. The number of hydrogen-bond donors (Lipinski definition) is 1. The van der Waals surface area contributed by atoms with Crippen molar-refractivity contribution in [2.45, 2.75) is 24.8 Å². The molecule has 0 bridgehead atoms. The van der Waals surface area contributed by atoms with Gasteiger partial charge in [0.1, 0.15) is 0 Å². The molecule has 1 saturated carbocycles. The van der Waals surface area contributed by atoms with E-state index in [2.05, 4.69) is 5.32 Å². The van der Waals surface area contributed by atoms with E-state index in [1.54, 1.807) is 0 Å². The molecule has 0 radical (unpaired) electrons. The van der Waals surface area contributed by atoms with Gasteiger partial charge >= 0.3 is 0 Å². The van der Waals surface area contributed by atoms with Crippen LogP contribution in [0.4, 0.5) is 0 Å². The lowest BCUT2D eigenvalue weighted by molar-refractivity contribution is 0.125. The normalized spacial score (nSPS) is 28.8. The van der Waals surface area contributed by atoms with Crippen molar-refractivity contribution in [1.29, 1.82) is 0 Å². The second-order valence-electron chi connectivity index (χ2n) is 3.11. The minimum absolute atomic E-state index is 0. The van der Waals surface area contributed by atoms with E-state index in [-0.39, 0.29) is 12.4 Å². The van der Waals surface area contributed by atoms with Crippen LogP contribution < -0.4 is 5.32 Å². The molecule has 1 heterocycles. The zero-order valence-electron chi connectivity index (χ0n) is 6.06. The molecule has 2 nitrogen and oxygen atoms in total. The van der Waals surface area contributed by atoms with Gasteiger partial charge in [-0.3, -0.25) is 0 Å². The molecule has 2 fully saturated rings. The molecule has 0 atom stereocenters. The summed E-state index contributed by atoms with van der Waals surface area (Å²) in [5.74, 6) is 0. The van der Waals surface area contributed by atoms with Crippen molar-refractivity contribution < 1.29 is 4.74 Å². The first-order valence-electron chi connectivity index (χ1n) is 3.74. The van der Waals surface area contributed by atoms with E-state index < -0.39 is 0 Å². The van der Waals surface area contributed by atoms with Crippen molar-refractivity contribution in [3.05, 3.63) is 0 Å². The monoisotopic (exact) mass is 163 g/mol. The molecule has 1 aliphatic heterocycles. The highest BCUT2D eigenvalue weighted by Gasteiger charge is 2.42. The quantitative estimate of drug-likeness (QED) is 0.574. The molecule has 0 unspecified atom stereocenters. The molecular weight excluding hydrogens is 150 g/mol. The number of nitrogens with one attached hydrogen (secondary N) is 1. The van der Waals surface area contributed by atoms with E-state index in [9.17, 15) is 0 Å². The molecule has 1 N–H and O–H groups in total. The average Bonchev–Trinajstić information content (AvgIpc) is 2.64. The van der Waals surface area contributed by atoms with Crippen molar-refractivity contribution in [3.63, 3.8) is 0 Å². The molecule has 1 spiro atoms. The van der Waals surface area contributed by atoms with Crippen LogP contribution in [0, 0.1) is 0 Å². The predicted octanol–water partition coefficient (Wildman–Crippen LogP) is 0.951. The van der Waals surface area contributed by atoms with Gasteiger partial charge in [0.15, 0.2) is 0 Å². The van der Waals surface area contributed by atoms with Gasteiger partial charge in [0.05, 0.1) is 6.61 Å². The lowest BCUT2D eigenvalue weighted by Gasteiger charge is -2.10. The van der Waals surface area contributed by atoms with Gasteiger partial charge in [0, 0.05) is 12.1 Å². The van der Waals surface area contributed by atoms with E-state index in [1.807, 2.05) is 0 Å². The first-order chi connectivity index (χ1) is 4.41. The summed E-state index contributed by atoms with van der Waals surface area (Å²) in [6.45, 7) is 3.06. The molecule has 1 saturated heterocycles. The van der Waals surface area contributed by atoms with Gasteiger partial charge in [-0.15, -0.1) is 12.4 Å². The van der Waals surface area contributed by atoms with Crippen LogP contribution in [0.1, 0.15) is 19.3 Å². The highest BCUT2D eigenvalue weighted by atomic mass is 35.5. The van der Waals surface area contributed by atoms with Crippen LogP contribution in [-0.4, -0.2) is 25.3 Å². The molecule has 0 amide bonds. The van der Waals surface area contributed by atoms with Gasteiger partial charge in [-0.2, -0.15) is 0 Å². The topological polar surface area (TPSA) is 21.3 Å². The van der Waals surface area contributed by atoms with Gasteiger partial charge in [-0.1, -0.05) is 0 Å². The van der Waals surface area contributed by atoms with E-state index in [0.717, 1.165) is 19.8 Å². The summed E-state index contributed by atoms with van der Waals surface area (Å²) in [6.07, 6.45) is 3.84. The van der Waals surface area contributed by atoms with Crippen LogP contribution in [0.15, 0.2) is 0 Å². The molecule has 60 valence electrons. The molecular formula is C7H14ClNO. The zero-order valence-corrected chi connectivity index (χ0v) is 6.88. The van der Waals surface area contributed by atoms with Crippen LogP contribution in [0.5, 0.6) is 0 Å². The largest absolute Gasteiger partial charge is 0.379 e. The molecule has 2 aliphatic rings. The van der Waals surface area contributed by atoms with Gasteiger partial charge in [0.25, 0.3) is 0 Å². The highest BCUT2D eigenvalue weighted by molar-refractivity contribution is 5.85. The lowest BCUT2D eigenvalue weighted by Crippen LogP contribution is -2.33. The molecule has 1 aliphatic carbocycles. The van der Waals surface area contributed by atoms with Crippen molar-refractivity contribution in [2.24, 2.45) is 0 Å². The maximum Gasteiger partial charge on any atom is 0.0648 e. The maximum atomic E-state index is 5.41. The van der Waals surface area contributed by atoms with Crippen molar-refractivity contribution in [1.82, 2.24) is 5.32 Å². The smallest absolute Gasteiger partial charge is 0.0648 e. The lowest BCUT2D eigenvalue weighted by atomic mass is 10.3. The fourth-order valence-corrected chi connectivity index (χ4v) is 1.32. The van der Waals surface area contributed by atoms with Gasteiger partial charge in [-0.25, -0.2) is 0 Å². The first kappa shape index (κ1) is 8.31. The molecule has 3 heteroatoms. The average molecular weight is 164 g/mol. The second kappa shape index (κ2) is 3.07. The molecule has 0 aromatic heterocycles. The summed E-state index contributed by atoms with van der Waals surface area (Å²) in [7, 11) is 0. The molecule has 10 heavy (non-hydrogen) atoms. The Labute approximate surface area is 67.7 Å². The Hall–Kier alpha value is 0.210. The molecule has 2 rings (SSSR count). The number of ether oxygens (including phenoxy) is 1. The van der Waals surface area contributed by atoms with Crippen molar-refractivity contribution in [3.8, 4) is 0 Å². The number of rotatable bonds is 0. The van der Waals surface area contributed by atoms with Crippen LogP contribution >= 0.6 is 12.4 Å². The summed E-state index contributed by atoms with van der Waals surface area (Å²) in [5, 5.41) is 3.51. The Kier molecular flexibility index (Phi) is 2.55. The van der Waals surface area contributed by atoms with Gasteiger partial charge in [0.2, 0.25) is 0 Å². The number of hydrogen-bond acceptors (Lipinski definition) is 2. The van der Waals surface area contributed by atoms with Gasteiger partial charge < -0.3 is 10.1 Å². The Morgan fingerprint density at radius 3 is 2.80 bits per heavy atom. The van der Waals surface area contributed by atoms with E-state index in [4.69, 9.17) is 4.74 Å². The molecule has 0 aromatic rings. The summed E-state index contributed by atoms with van der Waals surface area (Å²) >= 11 is 0. The zero-order chi connectivity index (χ0) is 6.16. The SMILES string of the molecule is C1CNC2(CC2)COC1.Cl. The Bertz CT molecular complexity index is 104. The summed E-state index contributed by atoms with van der Waals surface area (Å²) < 4.78 is 5.41. The van der Waals surface area contributed by atoms with Crippen molar-refractivity contribution in [2.75, 3.05) is 19.8 Å². The third-order valence-electron chi connectivity index (χ3n) is 2.20. The summed E-state index contributed by atoms with van der Waals surface area (Å²) in [4.78, 5) is 0. The third kappa shape index (κ3) is 1.62. The standard InChI is InChI=1S/C7H13NO.ClH/c1-4-8-7(2-3-7)6-9-5-1;/h8H,1-6H2;1H. The summed E-state index contributed by atoms with van der Waals surface area (Å²) in [5.41, 5.74) is 0.441.